The molecule has 4 nitrogen and oxygen atoms in total. The first-order chi connectivity index (χ1) is 5.38. The van der Waals surface area contributed by atoms with Crippen molar-refractivity contribution in [2.24, 2.45) is 4.16 Å². The molecular weight excluding hydrogens is 159 g/mol. The van der Waals surface area contributed by atoms with Gasteiger partial charge >= 0.3 is 14.6 Å². The van der Waals surface area contributed by atoms with Crippen molar-refractivity contribution >= 4 is 19.0 Å². The smallest absolute Gasteiger partial charge is 0.337 e. The maximum atomic E-state index is 10.1. The minimum atomic E-state index is -2.18. The van der Waals surface area contributed by atoms with Crippen LogP contribution in [-0.2, 0) is 0 Å². The summed E-state index contributed by atoms with van der Waals surface area (Å²) >= 11 is -2.18. The van der Waals surface area contributed by atoms with Crippen molar-refractivity contribution in [2.45, 2.75) is 0 Å². The highest BCUT2D eigenvalue weighted by molar-refractivity contribution is 6.68. The van der Waals surface area contributed by atoms with Gasteiger partial charge in [0.2, 0.25) is 0 Å². The number of hydrogen-bond acceptors (Lipinski definition) is 4. The lowest BCUT2D eigenvalue weighted by atomic mass is 10.4. The lowest BCUT2D eigenvalue weighted by Gasteiger charge is -1.97. The molecule has 0 saturated heterocycles. The molecule has 2 N–H and O–H groups in total. The van der Waals surface area contributed by atoms with Crippen LogP contribution < -0.4 is 8.89 Å². The molecule has 0 aliphatic carbocycles. The number of nitrogens with zero attached hydrogens (tertiary/aromatic N) is 1. The van der Waals surface area contributed by atoms with Crippen molar-refractivity contribution in [1.29, 1.82) is 0 Å². The molecule has 0 spiro atoms. The molecule has 0 saturated carbocycles. The Morgan fingerprint density at radius 3 is 2.45 bits per heavy atom. The van der Waals surface area contributed by atoms with Crippen LogP contribution in [0, 0.1) is 4.91 Å². The summed E-state index contributed by atoms with van der Waals surface area (Å²) in [4.78, 5) is 10.1. The number of hydrogen-bond donors (Lipinski definition) is 2. The fraction of sp³-hybridized carbons (Fsp3) is 0. The van der Waals surface area contributed by atoms with Gasteiger partial charge in [-0.2, -0.15) is 9.07 Å². The summed E-state index contributed by atoms with van der Waals surface area (Å²) in [5, 5.41) is 8.50. The van der Waals surface area contributed by atoms with Gasteiger partial charge in [-0.15, -0.1) is 0 Å². The molecule has 0 aliphatic heterocycles. The molecule has 0 aromatic heterocycles. The van der Waals surface area contributed by atoms with Gasteiger partial charge in [0, 0.05) is 0 Å². The van der Waals surface area contributed by atoms with E-state index in [1.807, 2.05) is 10.5 Å². The number of benzene rings is 1. The van der Waals surface area contributed by atoms with Gasteiger partial charge in [0.1, 0.15) is 0 Å². The molecule has 5 heteroatoms. The predicted octanol–water partition coefficient (Wildman–Crippen LogP) is 0.127. The van der Waals surface area contributed by atoms with Crippen LogP contribution in [0.4, 0.5) is 0 Å². The van der Waals surface area contributed by atoms with Gasteiger partial charge in [0.15, 0.2) is 0 Å². The van der Waals surface area contributed by atoms with Crippen LogP contribution >= 0.6 is 0 Å². The maximum absolute atomic E-state index is 10.1. The van der Waals surface area contributed by atoms with Crippen LogP contribution in [0.3, 0.4) is 0 Å². The minimum Gasteiger partial charge on any atom is -0.337 e. The van der Waals surface area contributed by atoms with Crippen LogP contribution in [0.1, 0.15) is 0 Å². The van der Waals surface area contributed by atoms with Crippen molar-refractivity contribution in [3.63, 3.8) is 0 Å². The second-order valence-corrected chi connectivity index (χ2v) is 3.99. The normalized spacial score (nSPS) is 9.18. The van der Waals surface area contributed by atoms with Crippen LogP contribution in [-0.4, -0.2) is 19.8 Å². The van der Waals surface area contributed by atoms with E-state index in [2.05, 4.69) is 4.16 Å². The Hall–Kier alpha value is -0.728. The first-order valence-electron chi connectivity index (χ1n) is 3.15. The molecule has 0 radical (unpaired) electrons. The third kappa shape index (κ3) is 2.10. The zero-order chi connectivity index (χ0) is 8.10. The van der Waals surface area contributed by atoms with E-state index >= 15 is 0 Å². The Morgan fingerprint density at radius 2 is 2.00 bits per heavy atom. The minimum absolute atomic E-state index is 0.782. The Bertz CT molecular complexity index is 229. The lowest BCUT2D eigenvalue weighted by Crippen LogP contribution is -2.41. The van der Waals surface area contributed by atoms with Gasteiger partial charge in [-0.25, -0.2) is 0 Å². The van der Waals surface area contributed by atoms with Crippen LogP contribution in [0.2, 0.25) is 0 Å². The van der Waals surface area contributed by atoms with E-state index < -0.39 is 14.6 Å². The Morgan fingerprint density at radius 1 is 1.36 bits per heavy atom. The molecule has 0 amide bonds. The fourth-order valence-corrected chi connectivity index (χ4v) is 1.70. The molecule has 1 rings (SSSR count). The van der Waals surface area contributed by atoms with E-state index in [-0.39, 0.29) is 0 Å². The number of nitroso groups, excluding NO2 is 1. The van der Waals surface area contributed by atoms with Gasteiger partial charge < -0.3 is 5.21 Å². The van der Waals surface area contributed by atoms with E-state index in [9.17, 15) is 4.91 Å². The van der Waals surface area contributed by atoms with Gasteiger partial charge in [0.05, 0.1) is 0 Å². The molecule has 11 heavy (non-hydrogen) atoms. The van der Waals surface area contributed by atoms with Crippen molar-refractivity contribution in [3.8, 4) is 0 Å². The summed E-state index contributed by atoms with van der Waals surface area (Å²) in [5.41, 5.74) is 0. The van der Waals surface area contributed by atoms with Crippen molar-refractivity contribution < 1.29 is 5.21 Å². The third-order valence-corrected chi connectivity index (χ3v) is 2.81. The van der Waals surface area contributed by atoms with Crippen LogP contribution in [0.15, 0.2) is 34.5 Å². The summed E-state index contributed by atoms with van der Waals surface area (Å²) in [6.45, 7) is 0. The summed E-state index contributed by atoms with van der Waals surface area (Å²) in [5.74, 6) is 0. The first-order valence-corrected chi connectivity index (χ1v) is 4.82. The zero-order valence-corrected chi connectivity index (χ0v) is 6.92. The Balaban J connectivity index is 2.82. The largest absolute Gasteiger partial charge is 0.674 e. The zero-order valence-electron chi connectivity index (χ0n) is 5.77. The van der Waals surface area contributed by atoms with Gasteiger partial charge in [-0.1, -0.05) is 34.8 Å². The average molecular weight is 166 g/mol. The molecule has 0 atom stereocenters. The number of rotatable bonds is 3. The molecule has 0 unspecified atom stereocenters. The van der Waals surface area contributed by atoms with E-state index in [1.165, 1.54) is 0 Å². The van der Waals surface area contributed by atoms with E-state index in [0.29, 0.717) is 0 Å². The second-order valence-electron chi connectivity index (χ2n) is 2.05. The summed E-state index contributed by atoms with van der Waals surface area (Å²) in [6.07, 6.45) is 0. The van der Waals surface area contributed by atoms with Gasteiger partial charge in [-0.3, -0.25) is 4.46 Å². The molecule has 0 bridgehead atoms. The molecule has 1 aromatic carbocycles. The van der Waals surface area contributed by atoms with Crippen LogP contribution in [0.5, 0.6) is 0 Å². The third-order valence-electron chi connectivity index (χ3n) is 1.34. The quantitative estimate of drug-likeness (QED) is 0.381. The van der Waals surface area contributed by atoms with Crippen molar-refractivity contribution in [3.05, 3.63) is 35.2 Å². The lowest BCUT2D eigenvalue weighted by molar-refractivity contribution is 0.242. The summed E-state index contributed by atoms with van der Waals surface area (Å²) < 4.78 is 5.51. The molecule has 56 valence electrons. The predicted molar refractivity (Wildman–Crippen MR) is 42.5 cm³/mol. The standard InChI is InChI=1S/C6H5.Al.H2NO.NO/c1-2-4-6-5-3-1;;2*1-2/h1-5H;;1-2H;/q;+2;2*-1. The maximum Gasteiger partial charge on any atom is 0.674 e. The highest BCUT2D eigenvalue weighted by atomic mass is 27.2. The molecular formula is C6H7AlN2O2. The number of nitrogens with one attached hydrogen (secondary N) is 1. The summed E-state index contributed by atoms with van der Waals surface area (Å²) in [7, 11) is 0. The summed E-state index contributed by atoms with van der Waals surface area (Å²) in [6, 6.07) is 8.98. The highest BCUT2D eigenvalue weighted by Gasteiger charge is 2.23. The van der Waals surface area contributed by atoms with Gasteiger partial charge in [0.25, 0.3) is 0 Å². The van der Waals surface area contributed by atoms with E-state index in [1.54, 1.807) is 24.3 Å². The van der Waals surface area contributed by atoms with Crippen molar-refractivity contribution in [1.82, 2.24) is 4.46 Å². The second kappa shape index (κ2) is 4.21. The van der Waals surface area contributed by atoms with E-state index in [4.69, 9.17) is 5.21 Å². The van der Waals surface area contributed by atoms with Crippen LogP contribution in [0.25, 0.3) is 0 Å². The SMILES string of the molecule is O=[N][Al]([NH]O)[c]1ccccc1. The van der Waals surface area contributed by atoms with Crippen molar-refractivity contribution in [2.75, 3.05) is 0 Å². The van der Waals surface area contributed by atoms with Gasteiger partial charge in [-0.05, 0) is 0 Å². The average Bonchev–Trinajstić information content (AvgIpc) is 2.09. The van der Waals surface area contributed by atoms with E-state index in [0.717, 1.165) is 4.43 Å². The topological polar surface area (TPSA) is 61.7 Å². The molecule has 0 heterocycles. The highest BCUT2D eigenvalue weighted by Crippen LogP contribution is 1.85. The Kier molecular flexibility index (Phi) is 3.21. The fourth-order valence-electron chi connectivity index (χ4n) is 0.794. The molecule has 0 aliphatic rings. The monoisotopic (exact) mass is 166 g/mol. The molecule has 0 fully saturated rings. The Labute approximate surface area is 68.6 Å². The first kappa shape index (κ1) is 8.37. The molecule has 1 aromatic rings.